The highest BCUT2D eigenvalue weighted by Crippen LogP contribution is 2.51. The minimum Gasteiger partial charge on any atom is -0.211 e. The number of rotatable bonds is 3. The molecule has 2 rings (SSSR count). The van der Waals surface area contributed by atoms with Crippen LogP contribution >= 0.6 is 11.6 Å². The smallest absolute Gasteiger partial charge is 0.211 e. The zero-order valence-corrected chi connectivity index (χ0v) is 10.2. The van der Waals surface area contributed by atoms with Gasteiger partial charge in [-0.2, -0.15) is 4.99 Å². The molecule has 0 heterocycles. The van der Waals surface area contributed by atoms with Crippen molar-refractivity contribution in [1.82, 2.24) is 0 Å². The summed E-state index contributed by atoms with van der Waals surface area (Å²) in [6, 6.07) is 5.86. The van der Waals surface area contributed by atoms with Crippen LogP contribution < -0.4 is 0 Å². The maximum Gasteiger partial charge on any atom is 0.235 e. The fraction of sp³-hybridized carbons (Fsp3) is 0.462. The van der Waals surface area contributed by atoms with Gasteiger partial charge in [-0.15, -0.1) is 0 Å². The van der Waals surface area contributed by atoms with Crippen molar-refractivity contribution in [2.75, 3.05) is 0 Å². The van der Waals surface area contributed by atoms with Gasteiger partial charge in [0.2, 0.25) is 6.08 Å². The Morgan fingerprint density at radius 2 is 2.12 bits per heavy atom. The van der Waals surface area contributed by atoms with Gasteiger partial charge in [0, 0.05) is 5.02 Å². The number of halogens is 1. The lowest BCUT2D eigenvalue weighted by Crippen LogP contribution is -2.08. The average molecular weight is 236 g/mol. The standard InChI is InChI=1S/C13H14ClNO/c1-9(2)11-4-3-10(14)7-12(11)13(5-6-13)15-8-16/h3-4,7,9H,5-6H2,1-2H3. The summed E-state index contributed by atoms with van der Waals surface area (Å²) in [6.45, 7) is 4.26. The molecule has 0 bridgehead atoms. The molecular weight excluding hydrogens is 222 g/mol. The lowest BCUT2D eigenvalue weighted by molar-refractivity contribution is 0.555. The largest absolute Gasteiger partial charge is 0.235 e. The lowest BCUT2D eigenvalue weighted by Gasteiger charge is -2.17. The summed E-state index contributed by atoms with van der Waals surface area (Å²) in [5, 5.41) is 0.701. The highest BCUT2D eigenvalue weighted by Gasteiger charge is 2.46. The fourth-order valence-corrected chi connectivity index (χ4v) is 2.25. The summed E-state index contributed by atoms with van der Waals surface area (Å²) in [5.41, 5.74) is 1.99. The SMILES string of the molecule is CC(C)c1ccc(Cl)cc1C1(N=C=O)CC1. The molecular formula is C13H14ClNO. The van der Waals surface area contributed by atoms with Crippen molar-refractivity contribution < 1.29 is 4.79 Å². The minimum absolute atomic E-state index is 0.327. The number of hydrogen-bond donors (Lipinski definition) is 0. The van der Waals surface area contributed by atoms with E-state index in [2.05, 4.69) is 18.8 Å². The molecule has 0 radical (unpaired) electrons. The van der Waals surface area contributed by atoms with Crippen molar-refractivity contribution in [3.05, 3.63) is 34.3 Å². The van der Waals surface area contributed by atoms with Crippen molar-refractivity contribution in [3.63, 3.8) is 0 Å². The van der Waals surface area contributed by atoms with E-state index < -0.39 is 0 Å². The van der Waals surface area contributed by atoms with Gasteiger partial charge >= 0.3 is 0 Å². The summed E-state index contributed by atoms with van der Waals surface area (Å²) in [6.07, 6.45) is 3.52. The topological polar surface area (TPSA) is 29.4 Å². The van der Waals surface area contributed by atoms with Gasteiger partial charge in [-0.25, -0.2) is 4.79 Å². The molecule has 0 amide bonds. The fourth-order valence-electron chi connectivity index (χ4n) is 2.08. The van der Waals surface area contributed by atoms with Crippen molar-refractivity contribution >= 4 is 17.7 Å². The highest BCUT2D eigenvalue weighted by atomic mass is 35.5. The first-order valence-corrected chi connectivity index (χ1v) is 5.86. The zero-order valence-electron chi connectivity index (χ0n) is 9.46. The Kier molecular flexibility index (Phi) is 2.88. The number of isocyanates is 1. The quantitative estimate of drug-likeness (QED) is 0.579. The second-order valence-electron chi connectivity index (χ2n) is 4.62. The molecule has 1 aliphatic carbocycles. The Hall–Kier alpha value is -1.11. The molecule has 0 saturated heterocycles. The molecule has 1 aromatic rings. The maximum atomic E-state index is 10.5. The van der Waals surface area contributed by atoms with E-state index >= 15 is 0 Å². The summed E-state index contributed by atoms with van der Waals surface area (Å²) >= 11 is 6.02. The third-order valence-corrected chi connectivity index (χ3v) is 3.36. The van der Waals surface area contributed by atoms with Gasteiger partial charge in [-0.1, -0.05) is 31.5 Å². The summed E-state index contributed by atoms with van der Waals surface area (Å²) in [5.74, 6) is 0.409. The number of aliphatic imine (C=N–C) groups is 1. The molecule has 0 unspecified atom stereocenters. The Balaban J connectivity index is 2.54. The van der Waals surface area contributed by atoms with Crippen LogP contribution in [0.3, 0.4) is 0 Å². The van der Waals surface area contributed by atoms with Crippen LogP contribution in [-0.4, -0.2) is 6.08 Å². The second-order valence-corrected chi connectivity index (χ2v) is 5.06. The zero-order chi connectivity index (χ0) is 11.8. The lowest BCUT2D eigenvalue weighted by atomic mass is 9.91. The number of nitrogens with zero attached hydrogens (tertiary/aromatic N) is 1. The number of benzene rings is 1. The van der Waals surface area contributed by atoms with Gasteiger partial charge in [0.15, 0.2) is 0 Å². The van der Waals surface area contributed by atoms with Gasteiger partial charge in [-0.3, -0.25) is 0 Å². The molecule has 1 fully saturated rings. The molecule has 0 aliphatic heterocycles. The first kappa shape index (κ1) is 11.4. The van der Waals surface area contributed by atoms with Crippen molar-refractivity contribution in [2.24, 2.45) is 4.99 Å². The van der Waals surface area contributed by atoms with Gasteiger partial charge in [0.05, 0.1) is 5.54 Å². The van der Waals surface area contributed by atoms with Crippen molar-refractivity contribution in [1.29, 1.82) is 0 Å². The Morgan fingerprint density at radius 1 is 1.44 bits per heavy atom. The Bertz CT molecular complexity index is 457. The van der Waals surface area contributed by atoms with Crippen molar-refractivity contribution in [2.45, 2.75) is 38.1 Å². The van der Waals surface area contributed by atoms with E-state index in [-0.39, 0.29) is 5.54 Å². The van der Waals surface area contributed by atoms with E-state index in [0.29, 0.717) is 10.9 Å². The van der Waals surface area contributed by atoms with Crippen LogP contribution in [0.4, 0.5) is 0 Å². The van der Waals surface area contributed by atoms with Gasteiger partial charge in [0.25, 0.3) is 0 Å². The first-order valence-electron chi connectivity index (χ1n) is 5.48. The Morgan fingerprint density at radius 3 is 2.62 bits per heavy atom. The van der Waals surface area contributed by atoms with Crippen LogP contribution in [0, 0.1) is 0 Å². The summed E-state index contributed by atoms with van der Waals surface area (Å²) in [4.78, 5) is 14.4. The van der Waals surface area contributed by atoms with E-state index in [9.17, 15) is 4.79 Å². The van der Waals surface area contributed by atoms with Gasteiger partial charge < -0.3 is 0 Å². The molecule has 3 heteroatoms. The normalized spacial score (nSPS) is 17.0. The molecule has 1 aromatic carbocycles. The molecule has 16 heavy (non-hydrogen) atoms. The van der Waals surface area contributed by atoms with Crippen LogP contribution in [0.5, 0.6) is 0 Å². The van der Waals surface area contributed by atoms with Crippen LogP contribution in [0.1, 0.15) is 43.7 Å². The molecule has 0 aromatic heterocycles. The third-order valence-electron chi connectivity index (χ3n) is 3.12. The van der Waals surface area contributed by atoms with E-state index in [1.54, 1.807) is 6.08 Å². The monoisotopic (exact) mass is 235 g/mol. The molecule has 0 atom stereocenters. The predicted octanol–water partition coefficient (Wildman–Crippen LogP) is 3.79. The van der Waals surface area contributed by atoms with Gasteiger partial charge in [0.1, 0.15) is 0 Å². The molecule has 1 aliphatic rings. The molecule has 84 valence electrons. The van der Waals surface area contributed by atoms with E-state index in [0.717, 1.165) is 18.4 Å². The minimum atomic E-state index is -0.327. The van der Waals surface area contributed by atoms with Crippen LogP contribution in [0.15, 0.2) is 23.2 Å². The third kappa shape index (κ3) is 1.91. The maximum absolute atomic E-state index is 10.5. The number of hydrogen-bond acceptors (Lipinski definition) is 2. The number of carbonyl (C=O) groups excluding carboxylic acids is 1. The van der Waals surface area contributed by atoms with Gasteiger partial charge in [-0.05, 0) is 42.0 Å². The molecule has 0 N–H and O–H groups in total. The van der Waals surface area contributed by atoms with E-state index in [4.69, 9.17) is 11.6 Å². The molecule has 0 spiro atoms. The van der Waals surface area contributed by atoms with Crippen molar-refractivity contribution in [3.8, 4) is 0 Å². The van der Waals surface area contributed by atoms with E-state index in [1.807, 2.05) is 18.2 Å². The summed E-state index contributed by atoms with van der Waals surface area (Å²) in [7, 11) is 0. The Labute approximate surface area is 100 Å². The first-order chi connectivity index (χ1) is 7.59. The van der Waals surface area contributed by atoms with E-state index in [1.165, 1.54) is 5.56 Å². The van der Waals surface area contributed by atoms with Crippen LogP contribution in [-0.2, 0) is 10.3 Å². The predicted molar refractivity (Wildman–Crippen MR) is 64.6 cm³/mol. The van der Waals surface area contributed by atoms with Crippen LogP contribution in [0.2, 0.25) is 5.02 Å². The highest BCUT2D eigenvalue weighted by molar-refractivity contribution is 6.30. The second kappa shape index (κ2) is 4.04. The molecule has 2 nitrogen and oxygen atoms in total. The van der Waals surface area contributed by atoms with Crippen LogP contribution in [0.25, 0.3) is 0 Å². The average Bonchev–Trinajstić information content (AvgIpc) is 2.99. The molecule has 1 saturated carbocycles. The summed E-state index contributed by atoms with van der Waals surface area (Å²) < 4.78 is 0.